The summed E-state index contributed by atoms with van der Waals surface area (Å²) in [6.45, 7) is 6.09. The lowest BCUT2D eigenvalue weighted by Gasteiger charge is -2.24. The number of nitrogens with zero attached hydrogens (tertiary/aromatic N) is 1. The van der Waals surface area contributed by atoms with Crippen molar-refractivity contribution in [2.75, 3.05) is 0 Å². The fraction of sp³-hybridized carbons (Fsp3) is 0.417. The fourth-order valence-electron chi connectivity index (χ4n) is 1.57. The van der Waals surface area contributed by atoms with Crippen LogP contribution in [0.2, 0.25) is 0 Å². The van der Waals surface area contributed by atoms with Crippen molar-refractivity contribution >= 4 is 11.0 Å². The van der Waals surface area contributed by atoms with Crippen LogP contribution >= 0.6 is 0 Å². The molecule has 0 aliphatic rings. The van der Waals surface area contributed by atoms with Gasteiger partial charge in [-0.25, -0.2) is 9.37 Å². The molecule has 0 aliphatic heterocycles. The van der Waals surface area contributed by atoms with Gasteiger partial charge in [0.15, 0.2) is 5.82 Å². The number of aromatic nitrogens is 2. The molecule has 86 valence electrons. The van der Waals surface area contributed by atoms with Crippen LogP contribution in [0.5, 0.6) is 0 Å². The number of nitrogens with one attached hydrogen (secondary N) is 1. The minimum absolute atomic E-state index is 0.107. The topological polar surface area (TPSA) is 54.7 Å². The Hall–Kier alpha value is -1.42. The maximum atomic E-state index is 13.4. The Labute approximate surface area is 93.9 Å². The highest BCUT2D eigenvalue weighted by molar-refractivity contribution is 5.75. The van der Waals surface area contributed by atoms with E-state index < -0.39 is 0 Å². The molecule has 0 fully saturated rings. The van der Waals surface area contributed by atoms with Crippen LogP contribution in [0.15, 0.2) is 18.2 Å². The van der Waals surface area contributed by atoms with Crippen LogP contribution in [0.3, 0.4) is 0 Å². The van der Waals surface area contributed by atoms with Gasteiger partial charge >= 0.3 is 0 Å². The van der Waals surface area contributed by atoms with Crippen molar-refractivity contribution in [3.8, 4) is 0 Å². The number of halogens is 1. The minimum Gasteiger partial charge on any atom is -0.341 e. The van der Waals surface area contributed by atoms with E-state index in [0.717, 1.165) is 0 Å². The number of nitrogens with two attached hydrogens (primary N) is 1. The van der Waals surface area contributed by atoms with E-state index in [1.807, 2.05) is 20.8 Å². The molecule has 1 aromatic carbocycles. The molecule has 1 heterocycles. The zero-order valence-corrected chi connectivity index (χ0v) is 9.71. The van der Waals surface area contributed by atoms with Crippen LogP contribution in [0.4, 0.5) is 4.39 Å². The predicted octanol–water partition coefficient (Wildman–Crippen LogP) is 2.75. The van der Waals surface area contributed by atoms with Crippen molar-refractivity contribution in [3.63, 3.8) is 0 Å². The van der Waals surface area contributed by atoms with E-state index in [0.29, 0.717) is 16.9 Å². The van der Waals surface area contributed by atoms with Gasteiger partial charge in [0, 0.05) is 0 Å². The maximum absolute atomic E-state index is 13.4. The summed E-state index contributed by atoms with van der Waals surface area (Å²) < 4.78 is 13.4. The molecule has 3 nitrogen and oxygen atoms in total. The molecule has 16 heavy (non-hydrogen) atoms. The second kappa shape index (κ2) is 3.56. The lowest BCUT2D eigenvalue weighted by molar-refractivity contribution is 0.317. The van der Waals surface area contributed by atoms with Gasteiger partial charge < -0.3 is 10.7 Å². The highest BCUT2D eigenvalue weighted by Gasteiger charge is 2.25. The van der Waals surface area contributed by atoms with E-state index in [1.54, 1.807) is 12.1 Å². The van der Waals surface area contributed by atoms with Gasteiger partial charge in [0.2, 0.25) is 0 Å². The molecular formula is C12H16FN3. The van der Waals surface area contributed by atoms with Crippen molar-refractivity contribution < 1.29 is 4.39 Å². The Morgan fingerprint density at radius 3 is 2.62 bits per heavy atom. The molecule has 0 spiro atoms. The first-order valence-electron chi connectivity index (χ1n) is 5.29. The van der Waals surface area contributed by atoms with Crippen molar-refractivity contribution in [2.45, 2.75) is 26.8 Å². The normalized spacial score (nSPS) is 14.3. The summed E-state index contributed by atoms with van der Waals surface area (Å²) in [6.07, 6.45) is 0. The quantitative estimate of drug-likeness (QED) is 0.778. The van der Waals surface area contributed by atoms with Crippen molar-refractivity contribution in [2.24, 2.45) is 11.1 Å². The standard InChI is InChI=1S/C12H16FN3/c1-12(2,3)10(14)11-15-8-6-4-5-7(13)9(8)16-11/h4-6,10H,14H2,1-3H3,(H,15,16). The minimum atomic E-state index is -0.318. The van der Waals surface area contributed by atoms with Gasteiger partial charge in [0.05, 0.1) is 11.6 Å². The molecule has 3 N–H and O–H groups in total. The average molecular weight is 221 g/mol. The fourth-order valence-corrected chi connectivity index (χ4v) is 1.57. The largest absolute Gasteiger partial charge is 0.341 e. The highest BCUT2D eigenvalue weighted by Crippen LogP contribution is 2.30. The third kappa shape index (κ3) is 1.80. The summed E-state index contributed by atoms with van der Waals surface area (Å²) in [5.74, 6) is 0.314. The number of rotatable bonds is 1. The lowest BCUT2D eigenvalue weighted by atomic mass is 9.87. The molecular weight excluding hydrogens is 205 g/mol. The van der Waals surface area contributed by atoms with Gasteiger partial charge in [-0.3, -0.25) is 0 Å². The molecule has 2 rings (SSSR count). The molecule has 0 bridgehead atoms. The Kier molecular flexibility index (Phi) is 2.46. The van der Waals surface area contributed by atoms with Gasteiger partial charge in [-0.05, 0) is 17.5 Å². The molecule has 1 unspecified atom stereocenters. The Bertz CT molecular complexity index is 510. The number of benzene rings is 1. The Morgan fingerprint density at radius 1 is 1.38 bits per heavy atom. The van der Waals surface area contributed by atoms with E-state index in [2.05, 4.69) is 9.97 Å². The summed E-state index contributed by atoms with van der Waals surface area (Å²) in [5.41, 5.74) is 7.01. The van der Waals surface area contributed by atoms with Crippen LogP contribution in [-0.2, 0) is 0 Å². The van der Waals surface area contributed by atoms with Gasteiger partial charge in [-0.15, -0.1) is 0 Å². The molecule has 0 radical (unpaired) electrons. The number of para-hydroxylation sites is 1. The third-order valence-corrected chi connectivity index (χ3v) is 2.71. The highest BCUT2D eigenvalue weighted by atomic mass is 19.1. The van der Waals surface area contributed by atoms with E-state index in [1.165, 1.54) is 6.07 Å². The second-order valence-corrected chi connectivity index (χ2v) is 5.10. The Morgan fingerprint density at radius 2 is 2.06 bits per heavy atom. The summed E-state index contributed by atoms with van der Waals surface area (Å²) in [6, 6.07) is 4.61. The monoisotopic (exact) mass is 221 g/mol. The summed E-state index contributed by atoms with van der Waals surface area (Å²) >= 11 is 0. The van der Waals surface area contributed by atoms with Crippen LogP contribution in [0.25, 0.3) is 11.0 Å². The lowest BCUT2D eigenvalue weighted by Crippen LogP contribution is -2.27. The number of imidazole rings is 1. The maximum Gasteiger partial charge on any atom is 0.151 e. The molecule has 0 aliphatic carbocycles. The van der Waals surface area contributed by atoms with Crippen LogP contribution in [0.1, 0.15) is 32.6 Å². The van der Waals surface area contributed by atoms with Gasteiger partial charge in [0.25, 0.3) is 0 Å². The van der Waals surface area contributed by atoms with Crippen molar-refractivity contribution in [1.82, 2.24) is 9.97 Å². The van der Waals surface area contributed by atoms with Gasteiger partial charge in [0.1, 0.15) is 11.3 Å². The predicted molar refractivity (Wildman–Crippen MR) is 62.4 cm³/mol. The second-order valence-electron chi connectivity index (χ2n) is 5.10. The van der Waals surface area contributed by atoms with Crippen LogP contribution in [-0.4, -0.2) is 9.97 Å². The zero-order valence-electron chi connectivity index (χ0n) is 9.71. The number of fused-ring (bicyclic) bond motifs is 1. The van der Waals surface area contributed by atoms with Crippen LogP contribution in [0, 0.1) is 11.2 Å². The van der Waals surface area contributed by atoms with Gasteiger partial charge in [-0.1, -0.05) is 26.8 Å². The first-order valence-corrected chi connectivity index (χ1v) is 5.29. The smallest absolute Gasteiger partial charge is 0.151 e. The van der Waals surface area contributed by atoms with Gasteiger partial charge in [-0.2, -0.15) is 0 Å². The van der Waals surface area contributed by atoms with E-state index >= 15 is 0 Å². The number of H-pyrrole nitrogens is 1. The Balaban J connectivity index is 2.52. The number of hydrogen-bond donors (Lipinski definition) is 2. The molecule has 1 atom stereocenters. The molecule has 0 saturated heterocycles. The summed E-state index contributed by atoms with van der Waals surface area (Å²) in [5, 5.41) is 0. The number of hydrogen-bond acceptors (Lipinski definition) is 2. The third-order valence-electron chi connectivity index (χ3n) is 2.71. The molecule has 1 aromatic heterocycles. The van der Waals surface area contributed by atoms with E-state index in [4.69, 9.17) is 5.73 Å². The number of aromatic amines is 1. The van der Waals surface area contributed by atoms with Crippen LogP contribution < -0.4 is 5.73 Å². The average Bonchev–Trinajstić information content (AvgIpc) is 2.60. The first kappa shape index (κ1) is 11.1. The van der Waals surface area contributed by atoms with E-state index in [-0.39, 0.29) is 17.3 Å². The summed E-state index contributed by atoms with van der Waals surface area (Å²) in [7, 11) is 0. The molecule has 2 aromatic rings. The molecule has 4 heteroatoms. The van der Waals surface area contributed by atoms with Crippen molar-refractivity contribution in [1.29, 1.82) is 0 Å². The SMILES string of the molecule is CC(C)(C)C(N)c1nc2c(F)cccc2[nH]1. The van der Waals surface area contributed by atoms with E-state index in [9.17, 15) is 4.39 Å². The summed E-state index contributed by atoms with van der Waals surface area (Å²) in [4.78, 5) is 7.29. The molecule has 0 amide bonds. The zero-order chi connectivity index (χ0) is 11.9. The van der Waals surface area contributed by atoms with Crippen molar-refractivity contribution in [3.05, 3.63) is 29.8 Å². The molecule has 0 saturated carbocycles. The first-order chi connectivity index (χ1) is 7.39.